The van der Waals surface area contributed by atoms with Crippen LogP contribution in [-0.2, 0) is 12.1 Å². The molecule has 0 heterocycles. The molecule has 17 heavy (non-hydrogen) atoms. The number of halogens is 1. The summed E-state index contributed by atoms with van der Waals surface area (Å²) in [7, 11) is 3.14. The van der Waals surface area contributed by atoms with Crippen LogP contribution in [0.5, 0.6) is 11.5 Å². The zero-order valence-corrected chi connectivity index (χ0v) is 10.3. The van der Waals surface area contributed by atoms with Crippen molar-refractivity contribution in [3.63, 3.8) is 0 Å². The van der Waals surface area contributed by atoms with Crippen LogP contribution in [0.1, 0.15) is 24.0 Å². The smallest absolute Gasteiger partial charge is 0.128 e. The van der Waals surface area contributed by atoms with Crippen molar-refractivity contribution in [3.05, 3.63) is 23.3 Å². The highest BCUT2D eigenvalue weighted by Gasteiger charge is 2.45. The molecular weight excluding hydrogens is 221 g/mol. The minimum atomic E-state index is -0.541. The molecule has 0 spiro atoms. The molecule has 94 valence electrons. The third-order valence-corrected chi connectivity index (χ3v) is 3.56. The molecular formula is C13H18FNO2. The number of nitrogens with two attached hydrogens (primary N) is 1. The quantitative estimate of drug-likeness (QED) is 0.856. The second-order valence-electron chi connectivity index (χ2n) is 4.48. The van der Waals surface area contributed by atoms with E-state index in [9.17, 15) is 4.39 Å². The average molecular weight is 239 g/mol. The monoisotopic (exact) mass is 239 g/mol. The van der Waals surface area contributed by atoms with Crippen molar-refractivity contribution in [1.82, 2.24) is 0 Å². The van der Waals surface area contributed by atoms with Crippen LogP contribution in [0.3, 0.4) is 0 Å². The molecule has 1 aromatic carbocycles. The lowest BCUT2D eigenvalue weighted by Crippen LogP contribution is -2.20. The van der Waals surface area contributed by atoms with Crippen LogP contribution < -0.4 is 15.2 Å². The van der Waals surface area contributed by atoms with Gasteiger partial charge >= 0.3 is 0 Å². The number of alkyl halides is 1. The molecule has 0 aliphatic heterocycles. The summed E-state index contributed by atoms with van der Waals surface area (Å²) in [6, 6.07) is 3.58. The van der Waals surface area contributed by atoms with Gasteiger partial charge in [-0.25, -0.2) is 4.39 Å². The highest BCUT2D eigenvalue weighted by molar-refractivity contribution is 5.51. The minimum absolute atomic E-state index is 0.0124. The van der Waals surface area contributed by atoms with Gasteiger partial charge in [0.15, 0.2) is 0 Å². The molecule has 4 heteroatoms. The number of rotatable bonds is 5. The summed E-state index contributed by atoms with van der Waals surface area (Å²) in [5.74, 6) is 1.27. The molecule has 1 aromatic rings. The Kier molecular flexibility index (Phi) is 3.24. The van der Waals surface area contributed by atoms with Crippen LogP contribution in [0.25, 0.3) is 0 Å². The van der Waals surface area contributed by atoms with E-state index in [0.717, 1.165) is 24.2 Å². The summed E-state index contributed by atoms with van der Waals surface area (Å²) in [6.45, 7) is 0.0300. The van der Waals surface area contributed by atoms with Gasteiger partial charge in [0, 0.05) is 29.2 Å². The maximum Gasteiger partial charge on any atom is 0.128 e. The fraction of sp³-hybridized carbons (Fsp3) is 0.538. The van der Waals surface area contributed by atoms with Crippen molar-refractivity contribution < 1.29 is 13.9 Å². The van der Waals surface area contributed by atoms with Crippen molar-refractivity contribution in [3.8, 4) is 11.5 Å². The van der Waals surface area contributed by atoms with Gasteiger partial charge in [-0.3, -0.25) is 0 Å². The van der Waals surface area contributed by atoms with E-state index in [1.165, 1.54) is 7.11 Å². The lowest BCUT2D eigenvalue weighted by molar-refractivity contribution is 0.376. The van der Waals surface area contributed by atoms with E-state index < -0.39 is 6.67 Å². The molecule has 0 saturated heterocycles. The molecule has 1 saturated carbocycles. The van der Waals surface area contributed by atoms with Gasteiger partial charge in [-0.05, 0) is 18.9 Å². The van der Waals surface area contributed by atoms with Crippen LogP contribution in [0, 0.1) is 0 Å². The van der Waals surface area contributed by atoms with Gasteiger partial charge in [0.1, 0.15) is 18.2 Å². The Bertz CT molecular complexity index is 416. The Hall–Kier alpha value is -1.29. The van der Waals surface area contributed by atoms with E-state index in [2.05, 4.69) is 0 Å². The zero-order valence-electron chi connectivity index (χ0n) is 10.3. The van der Waals surface area contributed by atoms with Crippen LogP contribution in [-0.4, -0.2) is 20.8 Å². The Morgan fingerprint density at radius 2 is 1.88 bits per heavy atom. The van der Waals surface area contributed by atoms with Gasteiger partial charge in [-0.15, -0.1) is 0 Å². The van der Waals surface area contributed by atoms with Gasteiger partial charge in [0.05, 0.1) is 14.2 Å². The topological polar surface area (TPSA) is 44.5 Å². The van der Waals surface area contributed by atoms with Gasteiger partial charge in [-0.2, -0.15) is 0 Å². The van der Waals surface area contributed by atoms with Gasteiger partial charge in [0.25, 0.3) is 0 Å². The molecule has 0 unspecified atom stereocenters. The van der Waals surface area contributed by atoms with Crippen LogP contribution in [0.15, 0.2) is 12.1 Å². The fourth-order valence-corrected chi connectivity index (χ4v) is 2.22. The number of benzene rings is 1. The highest BCUT2D eigenvalue weighted by atomic mass is 19.1. The van der Waals surface area contributed by atoms with E-state index in [-0.39, 0.29) is 5.41 Å². The highest BCUT2D eigenvalue weighted by Crippen LogP contribution is 2.51. The standard InChI is InChI=1S/C13H18FNO2/c1-16-11-6-12(17-2)10(5-9(11)7-14)13(8-15)3-4-13/h5-6H,3-4,7-8,15H2,1-2H3. The van der Waals surface area contributed by atoms with Crippen molar-refractivity contribution >= 4 is 0 Å². The van der Waals surface area contributed by atoms with Gasteiger partial charge in [0.2, 0.25) is 0 Å². The Balaban J connectivity index is 2.50. The zero-order chi connectivity index (χ0) is 12.5. The first-order chi connectivity index (χ1) is 8.20. The molecule has 1 aliphatic rings. The minimum Gasteiger partial charge on any atom is -0.496 e. The Morgan fingerprint density at radius 1 is 1.24 bits per heavy atom. The third-order valence-electron chi connectivity index (χ3n) is 3.56. The van der Waals surface area contributed by atoms with Crippen LogP contribution in [0.4, 0.5) is 4.39 Å². The maximum absolute atomic E-state index is 12.9. The second kappa shape index (κ2) is 4.53. The summed E-state index contributed by atoms with van der Waals surface area (Å²) >= 11 is 0. The summed E-state index contributed by atoms with van der Waals surface area (Å²) in [6.07, 6.45) is 2.08. The number of hydrogen-bond acceptors (Lipinski definition) is 3. The average Bonchev–Trinajstić information content (AvgIpc) is 3.18. The number of ether oxygens (including phenoxy) is 2. The summed E-state index contributed by atoms with van der Waals surface area (Å²) in [5, 5.41) is 0. The summed E-state index contributed by atoms with van der Waals surface area (Å²) < 4.78 is 23.5. The number of hydrogen-bond donors (Lipinski definition) is 1. The Labute approximate surface area is 101 Å². The van der Waals surface area contributed by atoms with E-state index in [4.69, 9.17) is 15.2 Å². The van der Waals surface area contributed by atoms with Crippen molar-refractivity contribution in [2.24, 2.45) is 5.73 Å². The lowest BCUT2D eigenvalue weighted by atomic mass is 9.93. The normalized spacial score (nSPS) is 16.7. The summed E-state index contributed by atoms with van der Waals surface area (Å²) in [4.78, 5) is 0. The molecule has 0 radical (unpaired) electrons. The predicted molar refractivity (Wildman–Crippen MR) is 64.3 cm³/mol. The Morgan fingerprint density at radius 3 is 2.29 bits per heavy atom. The molecule has 0 aromatic heterocycles. The van der Waals surface area contributed by atoms with Gasteiger partial charge in [-0.1, -0.05) is 0 Å². The molecule has 0 atom stereocenters. The molecule has 3 nitrogen and oxygen atoms in total. The molecule has 0 bridgehead atoms. The lowest BCUT2D eigenvalue weighted by Gasteiger charge is -2.19. The van der Waals surface area contributed by atoms with Crippen LogP contribution >= 0.6 is 0 Å². The first-order valence-electron chi connectivity index (χ1n) is 5.72. The van der Waals surface area contributed by atoms with E-state index in [1.54, 1.807) is 13.2 Å². The van der Waals surface area contributed by atoms with Gasteiger partial charge < -0.3 is 15.2 Å². The molecule has 0 amide bonds. The molecule has 2 rings (SSSR count). The van der Waals surface area contributed by atoms with Crippen molar-refractivity contribution in [2.75, 3.05) is 20.8 Å². The number of methoxy groups -OCH3 is 2. The first-order valence-corrected chi connectivity index (χ1v) is 5.72. The molecule has 1 aliphatic carbocycles. The summed E-state index contributed by atoms with van der Waals surface area (Å²) in [5.41, 5.74) is 7.36. The third kappa shape index (κ3) is 1.97. The SMILES string of the molecule is COc1cc(OC)c(C2(CN)CC2)cc1CF. The van der Waals surface area contributed by atoms with E-state index >= 15 is 0 Å². The molecule has 1 fully saturated rings. The van der Waals surface area contributed by atoms with E-state index in [1.807, 2.05) is 6.07 Å². The van der Waals surface area contributed by atoms with Crippen LogP contribution in [0.2, 0.25) is 0 Å². The fourth-order valence-electron chi connectivity index (χ4n) is 2.22. The first kappa shape index (κ1) is 12.2. The second-order valence-corrected chi connectivity index (χ2v) is 4.48. The predicted octanol–water partition coefficient (Wildman–Crippen LogP) is 2.16. The largest absolute Gasteiger partial charge is 0.496 e. The maximum atomic E-state index is 12.9. The van der Waals surface area contributed by atoms with Crippen molar-refractivity contribution in [2.45, 2.75) is 24.9 Å². The van der Waals surface area contributed by atoms with E-state index in [0.29, 0.717) is 17.9 Å². The van der Waals surface area contributed by atoms with Crippen molar-refractivity contribution in [1.29, 1.82) is 0 Å². The molecule has 2 N–H and O–H groups in total.